The summed E-state index contributed by atoms with van der Waals surface area (Å²) in [4.78, 5) is 21.5. The Hall–Kier alpha value is -2.74. The Morgan fingerprint density at radius 3 is 2.64 bits per heavy atom. The summed E-state index contributed by atoms with van der Waals surface area (Å²) in [6, 6.07) is 7.51. The highest BCUT2D eigenvalue weighted by Crippen LogP contribution is 2.25. The molecule has 3 rings (SSSR count). The minimum absolute atomic E-state index is 0.109. The molecule has 132 valence electrons. The van der Waals surface area contributed by atoms with Crippen LogP contribution in [0.25, 0.3) is 0 Å². The van der Waals surface area contributed by atoms with Gasteiger partial charge in [0.25, 0.3) is 5.69 Å². The normalized spacial score (nSPS) is 15.2. The molecule has 0 aliphatic carbocycles. The lowest BCUT2D eigenvalue weighted by molar-refractivity contribution is -0.384. The molecule has 0 unspecified atom stereocenters. The average Bonchev–Trinajstić information content (AvgIpc) is 2.67. The van der Waals surface area contributed by atoms with Crippen LogP contribution in [0.2, 0.25) is 0 Å². The van der Waals surface area contributed by atoms with E-state index in [1.165, 1.54) is 0 Å². The monoisotopic (exact) mass is 342 g/mol. The third kappa shape index (κ3) is 4.21. The van der Waals surface area contributed by atoms with E-state index in [-0.39, 0.29) is 10.6 Å². The molecule has 1 aromatic heterocycles. The molecule has 0 bridgehead atoms. The van der Waals surface area contributed by atoms with E-state index in [2.05, 4.69) is 25.5 Å². The molecule has 0 atom stereocenters. The van der Waals surface area contributed by atoms with Gasteiger partial charge < -0.3 is 15.5 Å². The van der Waals surface area contributed by atoms with E-state index in [4.69, 9.17) is 0 Å². The Morgan fingerprint density at radius 1 is 1.28 bits per heavy atom. The van der Waals surface area contributed by atoms with Crippen molar-refractivity contribution in [1.29, 1.82) is 0 Å². The average molecular weight is 342 g/mol. The molecule has 0 spiro atoms. The number of anilines is 2. The van der Waals surface area contributed by atoms with E-state index in [0.717, 1.165) is 37.4 Å². The van der Waals surface area contributed by atoms with Crippen LogP contribution < -0.4 is 15.5 Å². The Labute approximate surface area is 146 Å². The fourth-order valence-corrected chi connectivity index (χ4v) is 3.05. The van der Waals surface area contributed by atoms with Gasteiger partial charge in [0.05, 0.1) is 4.92 Å². The Balaban J connectivity index is 1.53. The molecule has 25 heavy (non-hydrogen) atoms. The van der Waals surface area contributed by atoms with Crippen molar-refractivity contribution in [2.45, 2.75) is 25.4 Å². The molecule has 0 radical (unpaired) electrons. The number of rotatable bonds is 6. The molecule has 8 nitrogen and oxygen atoms in total. The first-order chi connectivity index (χ1) is 12.2. The van der Waals surface area contributed by atoms with Gasteiger partial charge in [-0.3, -0.25) is 10.1 Å². The maximum absolute atomic E-state index is 11.1. The Kier molecular flexibility index (Phi) is 5.39. The maximum Gasteiger partial charge on any atom is 0.292 e. The number of nitrogens with one attached hydrogen (secondary N) is 2. The summed E-state index contributed by atoms with van der Waals surface area (Å²) >= 11 is 0. The van der Waals surface area contributed by atoms with Crippen molar-refractivity contribution < 1.29 is 4.92 Å². The first kappa shape index (κ1) is 17.1. The second kappa shape index (κ2) is 7.89. The van der Waals surface area contributed by atoms with Gasteiger partial charge in [-0.2, -0.15) is 0 Å². The molecule has 2 aromatic rings. The zero-order valence-corrected chi connectivity index (χ0v) is 14.2. The van der Waals surface area contributed by atoms with Crippen LogP contribution in [0.15, 0.2) is 36.7 Å². The Bertz CT molecular complexity index is 716. The zero-order chi connectivity index (χ0) is 17.6. The fourth-order valence-electron chi connectivity index (χ4n) is 3.05. The van der Waals surface area contributed by atoms with Crippen molar-refractivity contribution in [3.8, 4) is 0 Å². The lowest BCUT2D eigenvalue weighted by atomic mass is 10.0. The predicted molar refractivity (Wildman–Crippen MR) is 96.7 cm³/mol. The summed E-state index contributed by atoms with van der Waals surface area (Å²) in [5.41, 5.74) is 1.56. The molecule has 1 saturated heterocycles. The lowest BCUT2D eigenvalue weighted by Crippen LogP contribution is -2.42. The third-order valence-corrected chi connectivity index (χ3v) is 4.45. The van der Waals surface area contributed by atoms with Crippen LogP contribution in [-0.2, 0) is 6.54 Å². The number of nitro groups is 1. The van der Waals surface area contributed by atoms with Crippen molar-refractivity contribution >= 4 is 17.3 Å². The SMILES string of the molecule is CNc1ccc(CNC2CCN(c3ncccn3)CC2)cc1[N+](=O)[O-]. The molecule has 1 aromatic carbocycles. The van der Waals surface area contributed by atoms with Gasteiger partial charge in [-0.25, -0.2) is 9.97 Å². The van der Waals surface area contributed by atoms with Crippen molar-refractivity contribution in [3.05, 3.63) is 52.3 Å². The molecule has 0 amide bonds. The zero-order valence-electron chi connectivity index (χ0n) is 14.2. The van der Waals surface area contributed by atoms with Crippen LogP contribution in [0.4, 0.5) is 17.3 Å². The standard InChI is InChI=1S/C17H22N6O2/c1-18-15-4-3-13(11-16(15)23(24)25)12-21-14-5-9-22(10-6-14)17-19-7-2-8-20-17/h2-4,7-8,11,14,18,21H,5-6,9-10,12H2,1H3. The van der Waals surface area contributed by atoms with Crippen LogP contribution >= 0.6 is 0 Å². The molecule has 1 aliphatic heterocycles. The third-order valence-electron chi connectivity index (χ3n) is 4.45. The van der Waals surface area contributed by atoms with Crippen LogP contribution in [-0.4, -0.2) is 41.1 Å². The van der Waals surface area contributed by atoms with E-state index in [1.54, 1.807) is 31.6 Å². The van der Waals surface area contributed by atoms with E-state index in [9.17, 15) is 10.1 Å². The van der Waals surface area contributed by atoms with Gasteiger partial charge in [0, 0.05) is 51.2 Å². The largest absolute Gasteiger partial charge is 0.383 e. The quantitative estimate of drug-likeness (QED) is 0.613. The molecule has 8 heteroatoms. The van der Waals surface area contributed by atoms with E-state index < -0.39 is 0 Å². The molecular weight excluding hydrogens is 320 g/mol. The van der Waals surface area contributed by atoms with Crippen LogP contribution in [0.5, 0.6) is 0 Å². The summed E-state index contributed by atoms with van der Waals surface area (Å²) in [6.45, 7) is 2.43. The Morgan fingerprint density at radius 2 is 2.00 bits per heavy atom. The number of benzene rings is 1. The summed E-state index contributed by atoms with van der Waals surface area (Å²) in [5.74, 6) is 0.777. The van der Waals surface area contributed by atoms with Gasteiger partial charge in [0.2, 0.25) is 5.95 Å². The second-order valence-corrected chi connectivity index (χ2v) is 6.05. The van der Waals surface area contributed by atoms with Gasteiger partial charge in [-0.1, -0.05) is 6.07 Å². The van der Waals surface area contributed by atoms with Gasteiger partial charge in [-0.05, 0) is 30.5 Å². The van der Waals surface area contributed by atoms with Crippen LogP contribution in [0.3, 0.4) is 0 Å². The summed E-state index contributed by atoms with van der Waals surface area (Å²) in [5, 5.41) is 17.5. The predicted octanol–water partition coefficient (Wildman–Crippen LogP) is 2.19. The molecule has 0 saturated carbocycles. The number of piperidine rings is 1. The summed E-state index contributed by atoms with van der Waals surface area (Å²) in [6.07, 6.45) is 5.51. The molecule has 2 N–H and O–H groups in total. The van der Waals surface area contributed by atoms with Crippen molar-refractivity contribution in [2.75, 3.05) is 30.4 Å². The molecular formula is C17H22N6O2. The maximum atomic E-state index is 11.1. The summed E-state index contributed by atoms with van der Waals surface area (Å²) in [7, 11) is 1.69. The number of hydrogen-bond donors (Lipinski definition) is 2. The van der Waals surface area contributed by atoms with E-state index >= 15 is 0 Å². The highest BCUT2D eigenvalue weighted by atomic mass is 16.6. The van der Waals surface area contributed by atoms with Gasteiger partial charge >= 0.3 is 0 Å². The minimum Gasteiger partial charge on any atom is -0.383 e. The first-order valence-electron chi connectivity index (χ1n) is 8.38. The molecule has 1 fully saturated rings. The van der Waals surface area contributed by atoms with Crippen molar-refractivity contribution in [1.82, 2.24) is 15.3 Å². The highest BCUT2D eigenvalue weighted by molar-refractivity contribution is 5.62. The second-order valence-electron chi connectivity index (χ2n) is 6.05. The van der Waals surface area contributed by atoms with Crippen LogP contribution in [0, 0.1) is 10.1 Å². The number of aromatic nitrogens is 2. The highest BCUT2D eigenvalue weighted by Gasteiger charge is 2.21. The number of nitro benzene ring substituents is 1. The van der Waals surface area contributed by atoms with Crippen molar-refractivity contribution in [3.63, 3.8) is 0 Å². The smallest absolute Gasteiger partial charge is 0.292 e. The fraction of sp³-hybridized carbons (Fsp3) is 0.412. The topological polar surface area (TPSA) is 96.2 Å². The minimum atomic E-state index is -0.353. The lowest BCUT2D eigenvalue weighted by Gasteiger charge is -2.32. The van der Waals surface area contributed by atoms with Crippen LogP contribution in [0.1, 0.15) is 18.4 Å². The van der Waals surface area contributed by atoms with E-state index in [1.807, 2.05) is 12.1 Å². The van der Waals surface area contributed by atoms with E-state index in [0.29, 0.717) is 18.3 Å². The van der Waals surface area contributed by atoms with Gasteiger partial charge in [0.15, 0.2) is 0 Å². The number of nitrogens with zero attached hydrogens (tertiary/aromatic N) is 4. The van der Waals surface area contributed by atoms with Gasteiger partial charge in [-0.15, -0.1) is 0 Å². The van der Waals surface area contributed by atoms with Crippen molar-refractivity contribution in [2.24, 2.45) is 0 Å². The summed E-state index contributed by atoms with van der Waals surface area (Å²) < 4.78 is 0. The molecule has 2 heterocycles. The number of hydrogen-bond acceptors (Lipinski definition) is 7. The first-order valence-corrected chi connectivity index (χ1v) is 8.38. The molecule has 1 aliphatic rings. The van der Waals surface area contributed by atoms with Gasteiger partial charge in [0.1, 0.15) is 5.69 Å².